The molecule has 0 bridgehead atoms. The quantitative estimate of drug-likeness (QED) is 0.749. The largest absolute Gasteiger partial charge is 0.393 e. The highest BCUT2D eigenvalue weighted by molar-refractivity contribution is 4.91. The van der Waals surface area contributed by atoms with Crippen molar-refractivity contribution in [3.8, 4) is 0 Å². The molecule has 16 heavy (non-hydrogen) atoms. The summed E-state index contributed by atoms with van der Waals surface area (Å²) in [5, 5.41) is 9.65. The zero-order chi connectivity index (χ0) is 11.5. The fraction of sp³-hybridized carbons (Fsp3) is 1.00. The zero-order valence-electron chi connectivity index (χ0n) is 10.6. The van der Waals surface area contributed by atoms with Crippen LogP contribution in [0.1, 0.15) is 39.0 Å². The van der Waals surface area contributed by atoms with Gasteiger partial charge >= 0.3 is 0 Å². The summed E-state index contributed by atoms with van der Waals surface area (Å²) in [5.41, 5.74) is 0. The molecule has 0 spiro atoms. The van der Waals surface area contributed by atoms with Gasteiger partial charge in [0.25, 0.3) is 0 Å². The molecular formula is C13H25NO2. The van der Waals surface area contributed by atoms with Crippen LogP contribution in [0.25, 0.3) is 0 Å². The van der Waals surface area contributed by atoms with Gasteiger partial charge in [-0.15, -0.1) is 0 Å². The van der Waals surface area contributed by atoms with Crippen molar-refractivity contribution in [2.45, 2.75) is 57.2 Å². The van der Waals surface area contributed by atoms with E-state index in [1.807, 2.05) is 0 Å². The summed E-state index contributed by atoms with van der Waals surface area (Å²) >= 11 is 0. The first-order valence-electron chi connectivity index (χ1n) is 6.65. The van der Waals surface area contributed by atoms with E-state index in [2.05, 4.69) is 11.8 Å². The maximum Gasteiger partial charge on any atom is 0.0589 e. The van der Waals surface area contributed by atoms with E-state index in [-0.39, 0.29) is 6.10 Å². The molecule has 2 aliphatic rings. The van der Waals surface area contributed by atoms with E-state index in [0.29, 0.717) is 12.1 Å². The molecule has 3 unspecified atom stereocenters. The summed E-state index contributed by atoms with van der Waals surface area (Å²) < 4.78 is 5.20. The van der Waals surface area contributed by atoms with Crippen LogP contribution < -0.4 is 0 Å². The standard InChI is InChI=1S/C13H25NO2/c1-10(11-3-4-11)14(7-8-16-2)12-5-6-13(15)9-12/h10-13,15H,3-9H2,1-2H3. The van der Waals surface area contributed by atoms with Gasteiger partial charge in [-0.25, -0.2) is 0 Å². The van der Waals surface area contributed by atoms with Crippen molar-refractivity contribution in [3.05, 3.63) is 0 Å². The molecule has 2 aliphatic carbocycles. The second-order valence-corrected chi connectivity index (χ2v) is 5.43. The van der Waals surface area contributed by atoms with Crippen LogP contribution in [0.2, 0.25) is 0 Å². The fourth-order valence-corrected chi connectivity index (χ4v) is 3.00. The first kappa shape index (κ1) is 12.3. The van der Waals surface area contributed by atoms with Gasteiger partial charge in [0.1, 0.15) is 0 Å². The van der Waals surface area contributed by atoms with E-state index in [4.69, 9.17) is 4.74 Å². The third-order valence-electron chi connectivity index (χ3n) is 4.23. The zero-order valence-corrected chi connectivity index (χ0v) is 10.6. The van der Waals surface area contributed by atoms with E-state index in [0.717, 1.165) is 38.3 Å². The number of nitrogens with zero attached hydrogens (tertiary/aromatic N) is 1. The molecule has 2 saturated carbocycles. The van der Waals surface area contributed by atoms with Gasteiger partial charge in [-0.05, 0) is 44.9 Å². The molecule has 0 radical (unpaired) electrons. The molecule has 0 aromatic heterocycles. The first-order valence-corrected chi connectivity index (χ1v) is 6.65. The van der Waals surface area contributed by atoms with Crippen LogP contribution in [0, 0.1) is 5.92 Å². The van der Waals surface area contributed by atoms with Crippen molar-refractivity contribution < 1.29 is 9.84 Å². The average Bonchev–Trinajstić information content (AvgIpc) is 3.03. The lowest BCUT2D eigenvalue weighted by atomic mass is 10.1. The Balaban J connectivity index is 1.90. The molecule has 1 N–H and O–H groups in total. The number of ether oxygens (including phenoxy) is 1. The predicted molar refractivity (Wildman–Crippen MR) is 64.4 cm³/mol. The number of hydrogen-bond acceptors (Lipinski definition) is 3. The van der Waals surface area contributed by atoms with Gasteiger partial charge in [0.05, 0.1) is 12.7 Å². The summed E-state index contributed by atoms with van der Waals surface area (Å²) in [6.07, 6.45) is 5.80. The average molecular weight is 227 g/mol. The Hall–Kier alpha value is -0.120. The molecule has 3 nitrogen and oxygen atoms in total. The maximum atomic E-state index is 9.65. The monoisotopic (exact) mass is 227 g/mol. The Morgan fingerprint density at radius 2 is 2.06 bits per heavy atom. The molecule has 0 aliphatic heterocycles. The summed E-state index contributed by atoms with van der Waals surface area (Å²) in [5.74, 6) is 0.898. The topological polar surface area (TPSA) is 32.7 Å². The lowest BCUT2D eigenvalue weighted by molar-refractivity contribution is 0.0753. The van der Waals surface area contributed by atoms with E-state index in [9.17, 15) is 5.11 Å². The predicted octanol–water partition coefficient (Wildman–Crippen LogP) is 1.65. The number of methoxy groups -OCH3 is 1. The SMILES string of the molecule is COCCN(C1CCC(O)C1)C(C)C1CC1. The fourth-order valence-electron chi connectivity index (χ4n) is 3.00. The number of rotatable bonds is 6. The third-order valence-corrected chi connectivity index (χ3v) is 4.23. The Labute approximate surface area is 98.8 Å². The second kappa shape index (κ2) is 5.48. The maximum absolute atomic E-state index is 9.65. The van der Waals surface area contributed by atoms with Crippen LogP contribution in [0.5, 0.6) is 0 Å². The van der Waals surface area contributed by atoms with Crippen LogP contribution in [0.3, 0.4) is 0 Å². The van der Waals surface area contributed by atoms with Crippen molar-refractivity contribution in [2.24, 2.45) is 5.92 Å². The number of aliphatic hydroxyl groups excluding tert-OH is 1. The molecule has 0 heterocycles. The highest BCUT2D eigenvalue weighted by atomic mass is 16.5. The summed E-state index contributed by atoms with van der Waals surface area (Å²) in [6.45, 7) is 4.17. The van der Waals surface area contributed by atoms with Gasteiger partial charge in [-0.1, -0.05) is 0 Å². The minimum Gasteiger partial charge on any atom is -0.393 e. The molecule has 94 valence electrons. The summed E-state index contributed by atoms with van der Waals surface area (Å²) in [4.78, 5) is 2.58. The van der Waals surface area contributed by atoms with E-state index < -0.39 is 0 Å². The highest BCUT2D eigenvalue weighted by Crippen LogP contribution is 2.37. The van der Waals surface area contributed by atoms with Gasteiger partial charge < -0.3 is 9.84 Å². The smallest absolute Gasteiger partial charge is 0.0589 e. The van der Waals surface area contributed by atoms with Gasteiger partial charge in [-0.3, -0.25) is 4.90 Å². The van der Waals surface area contributed by atoms with Crippen LogP contribution in [0.15, 0.2) is 0 Å². The third kappa shape index (κ3) is 2.96. The highest BCUT2D eigenvalue weighted by Gasteiger charge is 2.37. The van der Waals surface area contributed by atoms with E-state index >= 15 is 0 Å². The van der Waals surface area contributed by atoms with Crippen LogP contribution in [0.4, 0.5) is 0 Å². The van der Waals surface area contributed by atoms with Gasteiger partial charge in [-0.2, -0.15) is 0 Å². The molecule has 3 atom stereocenters. The second-order valence-electron chi connectivity index (χ2n) is 5.43. The molecule has 0 aromatic rings. The van der Waals surface area contributed by atoms with E-state index in [1.165, 1.54) is 12.8 Å². The Kier molecular flexibility index (Phi) is 4.22. The minimum absolute atomic E-state index is 0.0681. The number of aliphatic hydroxyl groups is 1. The Bertz CT molecular complexity index is 218. The van der Waals surface area contributed by atoms with Crippen LogP contribution in [-0.2, 0) is 4.74 Å². The van der Waals surface area contributed by atoms with Crippen molar-refractivity contribution in [1.82, 2.24) is 4.90 Å². The lowest BCUT2D eigenvalue weighted by Crippen LogP contribution is -2.43. The van der Waals surface area contributed by atoms with Crippen molar-refractivity contribution in [1.29, 1.82) is 0 Å². The molecule has 0 aromatic carbocycles. The Morgan fingerprint density at radius 3 is 2.56 bits per heavy atom. The molecule has 2 fully saturated rings. The van der Waals surface area contributed by atoms with Crippen molar-refractivity contribution in [3.63, 3.8) is 0 Å². The minimum atomic E-state index is -0.0681. The van der Waals surface area contributed by atoms with Crippen LogP contribution >= 0.6 is 0 Å². The van der Waals surface area contributed by atoms with Crippen molar-refractivity contribution in [2.75, 3.05) is 20.3 Å². The molecule has 2 rings (SSSR count). The molecule has 0 saturated heterocycles. The summed E-state index contributed by atoms with van der Waals surface area (Å²) in [6, 6.07) is 1.26. The first-order chi connectivity index (χ1) is 7.72. The lowest BCUT2D eigenvalue weighted by Gasteiger charge is -2.34. The van der Waals surface area contributed by atoms with Crippen molar-refractivity contribution >= 4 is 0 Å². The normalized spacial score (nSPS) is 32.2. The van der Waals surface area contributed by atoms with Gasteiger partial charge in [0, 0.05) is 25.7 Å². The van der Waals surface area contributed by atoms with E-state index in [1.54, 1.807) is 7.11 Å². The van der Waals surface area contributed by atoms with Gasteiger partial charge in [0.15, 0.2) is 0 Å². The number of hydrogen-bond donors (Lipinski definition) is 1. The Morgan fingerprint density at radius 1 is 1.31 bits per heavy atom. The molecule has 3 heteroatoms. The van der Waals surface area contributed by atoms with Crippen LogP contribution in [-0.4, -0.2) is 48.5 Å². The molecular weight excluding hydrogens is 202 g/mol. The summed E-state index contributed by atoms with van der Waals surface area (Å²) in [7, 11) is 1.77. The molecule has 0 amide bonds. The van der Waals surface area contributed by atoms with Gasteiger partial charge in [0.2, 0.25) is 0 Å².